The first-order valence-electron chi connectivity index (χ1n) is 8.33. The molecule has 1 rings (SSSR count). The number of primary amides is 1. The lowest BCUT2D eigenvalue weighted by Crippen LogP contribution is -2.53. The van der Waals surface area contributed by atoms with Crippen molar-refractivity contribution in [3.8, 4) is 0 Å². The van der Waals surface area contributed by atoms with Crippen LogP contribution in [-0.2, 0) is 27.7 Å². The maximum Gasteiger partial charge on any atom is 0.474 e. The van der Waals surface area contributed by atoms with Crippen LogP contribution in [0.25, 0.3) is 0 Å². The molecular weight excluding hydrogens is 379 g/mol. The van der Waals surface area contributed by atoms with Gasteiger partial charge in [0.1, 0.15) is 12.2 Å². The lowest BCUT2D eigenvalue weighted by atomic mass is 10.1. The Bertz CT molecular complexity index is 614. The van der Waals surface area contributed by atoms with Gasteiger partial charge in [0.05, 0.1) is 26.4 Å². The van der Waals surface area contributed by atoms with Crippen LogP contribution in [0.15, 0.2) is 36.6 Å². The van der Waals surface area contributed by atoms with Crippen LogP contribution in [0.4, 0.5) is 0 Å². The molecule has 11 heteroatoms. The first-order chi connectivity index (χ1) is 12.7. The third kappa shape index (κ3) is 6.86. The summed E-state index contributed by atoms with van der Waals surface area (Å²) < 4.78 is 32.7. The lowest BCUT2D eigenvalue weighted by molar-refractivity contribution is -0.114. The molecule has 0 aliphatic carbocycles. The number of nitrogens with two attached hydrogens (primary N) is 1. The molecule has 0 aromatic carbocycles. The number of aliphatic hydroxyl groups is 2. The van der Waals surface area contributed by atoms with Gasteiger partial charge in [-0.05, 0) is 32.2 Å². The molecule has 1 amide bonds. The molecule has 0 spiro atoms. The number of carbonyl (C=O) groups excluding carboxylic acids is 1. The minimum absolute atomic E-state index is 0.118. The molecule has 1 saturated heterocycles. The van der Waals surface area contributed by atoms with E-state index >= 15 is 0 Å². The van der Waals surface area contributed by atoms with Crippen LogP contribution in [0.1, 0.15) is 13.8 Å². The summed E-state index contributed by atoms with van der Waals surface area (Å²) >= 11 is 0. The Morgan fingerprint density at radius 2 is 2.04 bits per heavy atom. The zero-order valence-electron chi connectivity index (χ0n) is 15.4. The molecule has 3 unspecified atom stereocenters. The maximum absolute atomic E-state index is 12.3. The third-order valence-electron chi connectivity index (χ3n) is 3.54. The predicted molar refractivity (Wildman–Crippen MR) is 97.3 cm³/mol. The SMILES string of the molecule is C=C/C(=C\C=C/NC1(O)COC(COP(=O)(OCC)OCC)C1O)C(N)=O. The van der Waals surface area contributed by atoms with Crippen LogP contribution in [0.5, 0.6) is 0 Å². The molecule has 1 heterocycles. The van der Waals surface area contributed by atoms with Crippen LogP contribution in [0, 0.1) is 0 Å². The van der Waals surface area contributed by atoms with E-state index in [4.69, 9.17) is 24.0 Å². The molecule has 154 valence electrons. The highest BCUT2D eigenvalue weighted by Gasteiger charge is 2.48. The van der Waals surface area contributed by atoms with Crippen molar-refractivity contribution in [2.24, 2.45) is 5.73 Å². The summed E-state index contributed by atoms with van der Waals surface area (Å²) in [6, 6.07) is 0. The van der Waals surface area contributed by atoms with Crippen molar-refractivity contribution in [2.75, 3.05) is 26.4 Å². The fourth-order valence-electron chi connectivity index (χ4n) is 2.17. The number of ether oxygens (including phenoxy) is 1. The predicted octanol–water partition coefficient (Wildman–Crippen LogP) is 0.333. The van der Waals surface area contributed by atoms with Crippen LogP contribution in [0.3, 0.4) is 0 Å². The average Bonchev–Trinajstić information content (AvgIpc) is 2.88. The Labute approximate surface area is 158 Å². The summed E-state index contributed by atoms with van der Waals surface area (Å²) in [5.41, 5.74) is 3.50. The summed E-state index contributed by atoms with van der Waals surface area (Å²) in [6.07, 6.45) is 3.04. The fraction of sp³-hybridized carbons (Fsp3) is 0.562. The minimum Gasteiger partial charge on any atom is -0.385 e. The van der Waals surface area contributed by atoms with E-state index < -0.39 is 31.7 Å². The topological polar surface area (TPSA) is 150 Å². The summed E-state index contributed by atoms with van der Waals surface area (Å²) in [4.78, 5) is 11.0. The molecule has 0 saturated carbocycles. The summed E-state index contributed by atoms with van der Waals surface area (Å²) in [5, 5.41) is 23.3. The molecule has 0 aromatic heterocycles. The van der Waals surface area contributed by atoms with Crippen molar-refractivity contribution in [2.45, 2.75) is 31.8 Å². The molecular formula is C16H27N2O8P. The second-order valence-electron chi connectivity index (χ2n) is 5.49. The van der Waals surface area contributed by atoms with Gasteiger partial charge in [0.15, 0.2) is 5.72 Å². The number of hydrogen-bond donors (Lipinski definition) is 4. The van der Waals surface area contributed by atoms with Gasteiger partial charge in [0, 0.05) is 5.57 Å². The normalized spacial score (nSPS) is 26.4. The molecule has 27 heavy (non-hydrogen) atoms. The van der Waals surface area contributed by atoms with Gasteiger partial charge in [-0.2, -0.15) is 0 Å². The number of phosphoric ester groups is 1. The second-order valence-corrected chi connectivity index (χ2v) is 7.16. The quantitative estimate of drug-likeness (QED) is 0.156. The average molecular weight is 406 g/mol. The summed E-state index contributed by atoms with van der Waals surface area (Å²) in [6.45, 7) is 6.39. The van der Waals surface area contributed by atoms with Gasteiger partial charge in [0.25, 0.3) is 0 Å². The summed E-state index contributed by atoms with van der Waals surface area (Å²) in [7, 11) is -3.76. The molecule has 0 bridgehead atoms. The van der Waals surface area contributed by atoms with Gasteiger partial charge >= 0.3 is 7.82 Å². The van der Waals surface area contributed by atoms with Gasteiger partial charge < -0.3 is 26.0 Å². The minimum atomic E-state index is -3.76. The van der Waals surface area contributed by atoms with Crippen molar-refractivity contribution < 1.29 is 37.9 Å². The molecule has 5 N–H and O–H groups in total. The second kappa shape index (κ2) is 10.7. The number of allylic oxidation sites excluding steroid dienone is 2. The maximum atomic E-state index is 12.3. The highest BCUT2D eigenvalue weighted by molar-refractivity contribution is 7.48. The van der Waals surface area contributed by atoms with Crippen molar-refractivity contribution in [3.05, 3.63) is 36.6 Å². The van der Waals surface area contributed by atoms with E-state index in [0.29, 0.717) is 0 Å². The van der Waals surface area contributed by atoms with Crippen LogP contribution < -0.4 is 11.1 Å². The zero-order chi connectivity index (χ0) is 20.5. The Morgan fingerprint density at radius 1 is 1.41 bits per heavy atom. The van der Waals surface area contributed by atoms with Crippen molar-refractivity contribution >= 4 is 13.7 Å². The molecule has 3 atom stereocenters. The Kier molecular flexibility index (Phi) is 9.34. The van der Waals surface area contributed by atoms with Gasteiger partial charge in [-0.25, -0.2) is 4.57 Å². The smallest absolute Gasteiger partial charge is 0.385 e. The third-order valence-corrected chi connectivity index (χ3v) is 5.15. The Hall–Kier alpha value is -1.52. The number of nitrogens with one attached hydrogen (secondary N) is 1. The molecule has 1 aliphatic heterocycles. The van der Waals surface area contributed by atoms with E-state index in [-0.39, 0.29) is 32.0 Å². The van der Waals surface area contributed by atoms with Crippen molar-refractivity contribution in [1.29, 1.82) is 0 Å². The lowest BCUT2D eigenvalue weighted by Gasteiger charge is -2.27. The highest BCUT2D eigenvalue weighted by atomic mass is 31.2. The standard InChI is InChI=1S/C16H27N2O8P/c1-4-12(15(17)20)8-7-9-18-16(21)11-23-13(14(16)19)10-26-27(22,24-5-2)25-6-3/h4,7-9,13-14,18-19,21H,1,5-6,10-11H2,2-3H3,(H2,17,20)/b9-7-,12-8+. The van der Waals surface area contributed by atoms with E-state index in [9.17, 15) is 19.6 Å². The van der Waals surface area contributed by atoms with Crippen molar-refractivity contribution in [1.82, 2.24) is 5.32 Å². The van der Waals surface area contributed by atoms with Gasteiger partial charge in [-0.3, -0.25) is 18.4 Å². The van der Waals surface area contributed by atoms with Gasteiger partial charge in [0.2, 0.25) is 5.91 Å². The summed E-state index contributed by atoms with van der Waals surface area (Å²) in [5.74, 6) is -0.650. The number of hydrogen-bond acceptors (Lipinski definition) is 9. The van der Waals surface area contributed by atoms with Crippen LogP contribution >= 0.6 is 7.82 Å². The van der Waals surface area contributed by atoms with Crippen LogP contribution in [-0.4, -0.2) is 60.5 Å². The monoisotopic (exact) mass is 406 g/mol. The number of phosphoric acid groups is 1. The van der Waals surface area contributed by atoms with E-state index in [1.807, 2.05) is 0 Å². The van der Waals surface area contributed by atoms with Gasteiger partial charge in [-0.15, -0.1) is 0 Å². The number of rotatable bonds is 12. The Morgan fingerprint density at radius 3 is 2.56 bits per heavy atom. The molecule has 0 aromatic rings. The van der Waals surface area contributed by atoms with E-state index in [1.165, 1.54) is 24.4 Å². The Balaban J connectivity index is 2.65. The van der Waals surface area contributed by atoms with E-state index in [1.54, 1.807) is 13.8 Å². The van der Waals surface area contributed by atoms with E-state index in [2.05, 4.69) is 11.9 Å². The molecule has 0 radical (unpaired) electrons. The van der Waals surface area contributed by atoms with Crippen LogP contribution in [0.2, 0.25) is 0 Å². The highest BCUT2D eigenvalue weighted by Crippen LogP contribution is 2.49. The number of aliphatic hydroxyl groups excluding tert-OH is 1. The van der Waals surface area contributed by atoms with Crippen molar-refractivity contribution in [3.63, 3.8) is 0 Å². The number of amides is 1. The first-order valence-corrected chi connectivity index (χ1v) is 9.79. The number of carbonyl (C=O) groups is 1. The molecule has 1 aliphatic rings. The molecule has 10 nitrogen and oxygen atoms in total. The van der Waals surface area contributed by atoms with Gasteiger partial charge in [-0.1, -0.05) is 12.7 Å². The fourth-order valence-corrected chi connectivity index (χ4v) is 3.36. The first kappa shape index (κ1) is 23.5. The molecule has 1 fully saturated rings. The largest absolute Gasteiger partial charge is 0.474 e. The zero-order valence-corrected chi connectivity index (χ0v) is 16.3. The van der Waals surface area contributed by atoms with E-state index in [0.717, 1.165) is 0 Å².